The van der Waals surface area contributed by atoms with Gasteiger partial charge >= 0.3 is 0 Å². The molecule has 3 heteroatoms. The minimum atomic E-state index is -2.74. The lowest BCUT2D eigenvalue weighted by Gasteiger charge is -2.41. The summed E-state index contributed by atoms with van der Waals surface area (Å²) < 4.78 is 56.4. The van der Waals surface area contributed by atoms with Gasteiger partial charge < -0.3 is 0 Å². The van der Waals surface area contributed by atoms with Crippen molar-refractivity contribution in [1.82, 2.24) is 4.57 Å². The first kappa shape index (κ1) is 14.8. The number of benzene rings is 2. The normalized spacial score (nSPS) is 23.9. The molecule has 31 heavy (non-hydrogen) atoms. The fourth-order valence-corrected chi connectivity index (χ4v) is 8.74. The average Bonchev–Trinajstić information content (AvgIpc) is 3.08. The molecule has 162 valence electrons. The zero-order valence-corrected chi connectivity index (χ0v) is 20.9. The lowest BCUT2D eigenvalue weighted by Crippen LogP contribution is -2.65. The number of pyridine rings is 1. The third-order valence-corrected chi connectivity index (χ3v) is 12.4. The topological polar surface area (TPSA) is 9.03 Å². The maximum atomic E-state index is 8.86. The molecule has 5 rings (SSSR count). The van der Waals surface area contributed by atoms with Crippen LogP contribution in [0.3, 0.4) is 0 Å². The first-order chi connectivity index (χ1) is 16.9. The van der Waals surface area contributed by atoms with Crippen LogP contribution in [0.25, 0.3) is 27.3 Å². The van der Waals surface area contributed by atoms with Crippen molar-refractivity contribution >= 4 is 40.6 Å². The summed E-state index contributed by atoms with van der Waals surface area (Å²) in [7, 11) is -2.74. The number of nitrogens with zero attached hydrogens (tertiary/aromatic N) is 2. The van der Waals surface area contributed by atoms with Crippen LogP contribution in [-0.2, 0) is 5.04 Å². The van der Waals surface area contributed by atoms with Gasteiger partial charge in [-0.05, 0) is 42.9 Å². The second-order valence-electron chi connectivity index (χ2n) is 10.6. The Morgan fingerprint density at radius 3 is 2.42 bits per heavy atom. The summed E-state index contributed by atoms with van der Waals surface area (Å²) in [5.74, 6) is 0.200. The summed E-state index contributed by atoms with van der Waals surface area (Å²) in [5, 5.41) is 2.62. The van der Waals surface area contributed by atoms with Gasteiger partial charge in [0.1, 0.15) is 19.3 Å². The third kappa shape index (κ3) is 2.31. The largest absolute Gasteiger partial charge is 0.295 e. The molecule has 0 aliphatic carbocycles. The molecule has 1 atom stereocenters. The van der Waals surface area contributed by atoms with Gasteiger partial charge in [0.25, 0.3) is 5.65 Å². The minimum Gasteiger partial charge on any atom is -0.225 e. The fourth-order valence-electron chi connectivity index (χ4n) is 5.99. The van der Waals surface area contributed by atoms with Crippen LogP contribution < -0.4 is 9.59 Å². The molecule has 0 radical (unpaired) electrons. The molecule has 1 unspecified atom stereocenters. The quantitative estimate of drug-likeness (QED) is 0.191. The van der Waals surface area contributed by atoms with E-state index in [1.165, 1.54) is 0 Å². The van der Waals surface area contributed by atoms with Crippen molar-refractivity contribution in [1.29, 1.82) is 0 Å². The Balaban J connectivity index is 2.30. The van der Waals surface area contributed by atoms with E-state index < -0.39 is 26.8 Å². The van der Waals surface area contributed by atoms with Crippen LogP contribution in [0.4, 0.5) is 0 Å². The van der Waals surface area contributed by atoms with Gasteiger partial charge in [0.05, 0.1) is 11.4 Å². The van der Waals surface area contributed by atoms with Gasteiger partial charge in [-0.15, -0.1) is 0 Å². The van der Waals surface area contributed by atoms with Crippen LogP contribution in [-0.4, -0.2) is 12.6 Å². The van der Waals surface area contributed by atoms with Crippen molar-refractivity contribution in [3.05, 3.63) is 52.8 Å². The molecule has 0 saturated heterocycles. The molecule has 2 aromatic heterocycles. The number of aromatic nitrogens is 2. The summed E-state index contributed by atoms with van der Waals surface area (Å²) in [6.45, 7) is 12.3. The van der Waals surface area contributed by atoms with E-state index >= 15 is 0 Å². The summed E-state index contributed by atoms with van der Waals surface area (Å²) in [4.78, 5) is 0. The highest BCUT2D eigenvalue weighted by atomic mass is 28.3. The zero-order valence-electron chi connectivity index (χ0n) is 25.9. The number of aryl methyl sites for hydroxylation is 1. The molecule has 2 nitrogen and oxygen atoms in total. The third-order valence-electron chi connectivity index (χ3n) is 7.89. The molecular weight excluding hydrogens is 392 g/mol. The predicted octanol–water partition coefficient (Wildman–Crippen LogP) is 6.60. The van der Waals surface area contributed by atoms with Crippen molar-refractivity contribution in [3.63, 3.8) is 0 Å². The first-order valence-corrected chi connectivity index (χ1v) is 14.4. The summed E-state index contributed by atoms with van der Waals surface area (Å²) in [5.41, 5.74) is 5.08. The molecule has 4 aromatic rings. The van der Waals surface area contributed by atoms with Crippen molar-refractivity contribution < 1.29 is 12.6 Å². The molecule has 0 spiro atoms. The Labute approximate surface area is 196 Å². The molecule has 0 amide bonds. The molecule has 2 aromatic carbocycles. The van der Waals surface area contributed by atoms with Crippen LogP contribution in [0.1, 0.15) is 84.2 Å². The molecule has 0 saturated carbocycles. The molecule has 1 aliphatic heterocycles. The Kier molecular flexibility index (Phi) is 2.98. The highest BCUT2D eigenvalue weighted by Crippen LogP contribution is 2.43. The van der Waals surface area contributed by atoms with Crippen molar-refractivity contribution in [2.45, 2.75) is 85.3 Å². The molecule has 1 aliphatic rings. The Morgan fingerprint density at radius 2 is 1.81 bits per heavy atom. The van der Waals surface area contributed by atoms with E-state index in [2.05, 4.69) is 55.8 Å². The van der Waals surface area contributed by atoms with Gasteiger partial charge in [0.15, 0.2) is 5.69 Å². The van der Waals surface area contributed by atoms with E-state index in [-0.39, 0.29) is 12.0 Å². The standard InChI is InChI=1S/C28H37N2Si/c1-16(2)20-12-11-13-21-23-18(5)14-15-22-25(23)30-26(28(7,8)31(22,9)10)19(6)29(17(3)4)27(30)24(20)21/h11-17H,1-10H3/q+1/i5D3,7D3. The van der Waals surface area contributed by atoms with Crippen molar-refractivity contribution in [3.8, 4) is 0 Å². The highest BCUT2D eigenvalue weighted by molar-refractivity contribution is 6.93. The second kappa shape index (κ2) is 6.22. The number of fused-ring (bicyclic) bond motifs is 3. The Bertz CT molecular complexity index is 1610. The minimum absolute atomic E-state index is 0.0857. The van der Waals surface area contributed by atoms with E-state index in [1.807, 2.05) is 32.0 Å². The molecule has 0 fully saturated rings. The van der Waals surface area contributed by atoms with Crippen LogP contribution >= 0.6 is 0 Å². The molecular formula is C28H37N2Si+. The zero-order chi connectivity index (χ0) is 27.6. The highest BCUT2D eigenvalue weighted by Gasteiger charge is 2.53. The monoisotopic (exact) mass is 435 g/mol. The lowest BCUT2D eigenvalue weighted by atomic mass is 9.93. The number of rotatable bonds is 2. The fraction of sp³-hybridized carbons (Fsp3) is 0.464. The SMILES string of the molecule is [2H]C([2H])([2H])c1ccc2c3c1c1cccc(C(C)C)c1c1n(C(C)C)c(C)c([n+]31)C(C)(C([2H])([2H])[2H])[Si]2(C)C. The maximum absolute atomic E-state index is 8.86. The van der Waals surface area contributed by atoms with Gasteiger partial charge in [-0.1, -0.05) is 71.0 Å². The van der Waals surface area contributed by atoms with E-state index in [4.69, 9.17) is 8.22 Å². The van der Waals surface area contributed by atoms with Crippen LogP contribution in [0.15, 0.2) is 30.3 Å². The number of imidazole rings is 1. The van der Waals surface area contributed by atoms with E-state index in [0.29, 0.717) is 5.56 Å². The van der Waals surface area contributed by atoms with Gasteiger partial charge in [-0.25, -0.2) is 4.57 Å². The summed E-state index contributed by atoms with van der Waals surface area (Å²) in [6, 6.07) is 9.95. The summed E-state index contributed by atoms with van der Waals surface area (Å²) >= 11 is 0. The van der Waals surface area contributed by atoms with E-state index in [0.717, 1.165) is 49.5 Å². The predicted molar refractivity (Wildman–Crippen MR) is 137 cm³/mol. The first-order valence-electron chi connectivity index (χ1n) is 14.4. The second-order valence-corrected chi connectivity index (χ2v) is 15.4. The Hall–Kier alpha value is -2.13. The maximum Gasteiger partial charge on any atom is 0.295 e. The lowest BCUT2D eigenvalue weighted by molar-refractivity contribution is -0.493. The van der Waals surface area contributed by atoms with Gasteiger partial charge in [0.2, 0.25) is 0 Å². The van der Waals surface area contributed by atoms with Crippen LogP contribution in [0.5, 0.6) is 0 Å². The van der Waals surface area contributed by atoms with Gasteiger partial charge in [-0.3, -0.25) is 0 Å². The Morgan fingerprint density at radius 1 is 1.06 bits per heavy atom. The van der Waals surface area contributed by atoms with Gasteiger partial charge in [0, 0.05) is 31.0 Å². The van der Waals surface area contributed by atoms with E-state index in [9.17, 15) is 0 Å². The van der Waals surface area contributed by atoms with Crippen molar-refractivity contribution in [2.75, 3.05) is 0 Å². The van der Waals surface area contributed by atoms with E-state index in [1.54, 1.807) is 6.07 Å². The molecule has 0 bridgehead atoms. The van der Waals surface area contributed by atoms with Crippen LogP contribution in [0, 0.1) is 13.8 Å². The number of hydrogen-bond acceptors (Lipinski definition) is 0. The molecule has 0 N–H and O–H groups in total. The van der Waals surface area contributed by atoms with Crippen molar-refractivity contribution in [2.24, 2.45) is 0 Å². The number of hydrogen-bond donors (Lipinski definition) is 0. The van der Waals surface area contributed by atoms with Crippen LogP contribution in [0.2, 0.25) is 13.1 Å². The van der Waals surface area contributed by atoms with Gasteiger partial charge in [-0.2, -0.15) is 4.40 Å². The summed E-state index contributed by atoms with van der Waals surface area (Å²) in [6.07, 6.45) is 0. The average molecular weight is 436 g/mol. The molecule has 3 heterocycles. The smallest absolute Gasteiger partial charge is 0.225 e.